The molecule has 0 amide bonds. The summed E-state index contributed by atoms with van der Waals surface area (Å²) >= 11 is 0. The average molecular weight is 278 g/mol. The fourth-order valence-corrected chi connectivity index (χ4v) is 2.23. The molecule has 21 heavy (non-hydrogen) atoms. The molecule has 0 saturated heterocycles. The van der Waals surface area contributed by atoms with Crippen molar-refractivity contribution in [3.05, 3.63) is 78.2 Å². The lowest BCUT2D eigenvalue weighted by molar-refractivity contribution is 0.566. The van der Waals surface area contributed by atoms with Crippen molar-refractivity contribution in [2.24, 2.45) is 0 Å². The number of nitrogens with one attached hydrogen (secondary N) is 1. The summed E-state index contributed by atoms with van der Waals surface area (Å²) < 4.78 is 1.98. The number of rotatable bonds is 5. The lowest BCUT2D eigenvalue weighted by Crippen LogP contribution is -2.08. The molecular weight excluding hydrogens is 260 g/mol. The molecule has 0 radical (unpaired) electrons. The van der Waals surface area contributed by atoms with Crippen LogP contribution in [0.4, 0.5) is 5.82 Å². The van der Waals surface area contributed by atoms with E-state index in [-0.39, 0.29) is 6.04 Å². The summed E-state index contributed by atoms with van der Waals surface area (Å²) in [5, 5.41) is 7.92. The van der Waals surface area contributed by atoms with Gasteiger partial charge in [0.2, 0.25) is 0 Å². The summed E-state index contributed by atoms with van der Waals surface area (Å²) in [6.07, 6.45) is 5.60. The molecule has 1 atom stereocenters. The van der Waals surface area contributed by atoms with E-state index in [1.54, 1.807) is 12.4 Å². The number of hydrogen-bond donors (Lipinski definition) is 1. The third kappa shape index (κ3) is 3.28. The minimum atomic E-state index is 0.225. The maximum atomic E-state index is 4.59. The third-order valence-electron chi connectivity index (χ3n) is 3.51. The lowest BCUT2D eigenvalue weighted by atomic mass is 10.1. The highest BCUT2D eigenvalue weighted by molar-refractivity contribution is 5.34. The van der Waals surface area contributed by atoms with E-state index in [0.29, 0.717) is 0 Å². The zero-order valence-corrected chi connectivity index (χ0v) is 12.0. The van der Waals surface area contributed by atoms with Gasteiger partial charge in [0, 0.05) is 31.2 Å². The molecule has 0 unspecified atom stereocenters. The van der Waals surface area contributed by atoms with E-state index >= 15 is 0 Å². The van der Waals surface area contributed by atoms with E-state index in [1.165, 1.54) is 11.1 Å². The Morgan fingerprint density at radius 3 is 2.57 bits per heavy atom. The molecule has 0 aliphatic carbocycles. The topological polar surface area (TPSA) is 42.7 Å². The zero-order valence-electron chi connectivity index (χ0n) is 12.0. The fraction of sp³-hybridized carbons (Fsp3) is 0.176. The molecule has 4 heteroatoms. The second-order valence-corrected chi connectivity index (χ2v) is 4.98. The molecular formula is C17H18N4. The molecule has 2 aromatic heterocycles. The molecule has 0 bridgehead atoms. The van der Waals surface area contributed by atoms with Crippen LogP contribution in [-0.2, 0) is 6.54 Å². The molecule has 106 valence electrons. The van der Waals surface area contributed by atoms with Gasteiger partial charge < -0.3 is 5.32 Å². The van der Waals surface area contributed by atoms with Gasteiger partial charge in [-0.15, -0.1) is 0 Å². The highest BCUT2D eigenvalue weighted by Crippen LogP contribution is 2.18. The fourth-order valence-electron chi connectivity index (χ4n) is 2.23. The molecule has 3 aromatic rings. The van der Waals surface area contributed by atoms with Gasteiger partial charge in [-0.2, -0.15) is 5.10 Å². The van der Waals surface area contributed by atoms with Gasteiger partial charge in [0.1, 0.15) is 5.82 Å². The zero-order chi connectivity index (χ0) is 14.5. The Bertz CT molecular complexity index is 676. The van der Waals surface area contributed by atoms with Crippen LogP contribution in [0.2, 0.25) is 0 Å². The summed E-state index contributed by atoms with van der Waals surface area (Å²) in [6.45, 7) is 2.90. The van der Waals surface area contributed by atoms with Crippen LogP contribution in [0, 0.1) is 0 Å². The predicted molar refractivity (Wildman–Crippen MR) is 84.0 cm³/mol. The van der Waals surface area contributed by atoms with Crippen molar-refractivity contribution < 1.29 is 0 Å². The summed E-state index contributed by atoms with van der Waals surface area (Å²) in [5.74, 6) is 0.884. The van der Waals surface area contributed by atoms with E-state index < -0.39 is 0 Å². The second-order valence-electron chi connectivity index (χ2n) is 4.98. The summed E-state index contributed by atoms with van der Waals surface area (Å²) in [7, 11) is 0. The highest BCUT2D eigenvalue weighted by atomic mass is 15.3. The van der Waals surface area contributed by atoms with Gasteiger partial charge in [-0.1, -0.05) is 30.3 Å². The van der Waals surface area contributed by atoms with Gasteiger partial charge in [-0.25, -0.2) is 0 Å². The Morgan fingerprint density at radius 1 is 1.05 bits per heavy atom. The molecule has 0 saturated carbocycles. The van der Waals surface area contributed by atoms with E-state index in [9.17, 15) is 0 Å². The Balaban J connectivity index is 1.66. The Labute approximate surface area is 124 Å². The number of benzene rings is 1. The lowest BCUT2D eigenvalue weighted by Gasteiger charge is -2.12. The van der Waals surface area contributed by atoms with Crippen molar-refractivity contribution >= 4 is 5.82 Å². The quantitative estimate of drug-likeness (QED) is 0.776. The first-order valence-electron chi connectivity index (χ1n) is 7.06. The smallest absolute Gasteiger partial charge is 0.148 e. The number of anilines is 1. The molecule has 0 aliphatic heterocycles. The SMILES string of the molecule is C[C@@H](c1ccccc1)n1ccc(NCc2ccncc2)n1. The Kier molecular flexibility index (Phi) is 3.96. The Morgan fingerprint density at radius 2 is 1.81 bits per heavy atom. The van der Waals surface area contributed by atoms with Gasteiger partial charge >= 0.3 is 0 Å². The number of nitrogens with zero attached hydrogens (tertiary/aromatic N) is 3. The van der Waals surface area contributed by atoms with E-state index in [1.807, 2.05) is 35.1 Å². The molecule has 2 heterocycles. The maximum absolute atomic E-state index is 4.59. The average Bonchev–Trinajstić information content (AvgIpc) is 3.03. The van der Waals surface area contributed by atoms with Crippen LogP contribution in [0.3, 0.4) is 0 Å². The third-order valence-corrected chi connectivity index (χ3v) is 3.51. The van der Waals surface area contributed by atoms with Gasteiger partial charge in [-0.3, -0.25) is 9.67 Å². The first-order valence-corrected chi connectivity index (χ1v) is 7.06. The molecule has 3 rings (SSSR count). The Hall–Kier alpha value is -2.62. The standard InChI is InChI=1S/C17H18N4/c1-14(16-5-3-2-4-6-16)21-12-9-17(20-21)19-13-15-7-10-18-11-8-15/h2-12,14H,13H2,1H3,(H,19,20)/t14-/m0/s1. The van der Waals surface area contributed by atoms with Gasteiger partial charge in [0.25, 0.3) is 0 Å². The van der Waals surface area contributed by atoms with Crippen molar-refractivity contribution in [1.29, 1.82) is 0 Å². The number of aromatic nitrogens is 3. The van der Waals surface area contributed by atoms with Crippen molar-refractivity contribution in [2.75, 3.05) is 5.32 Å². The van der Waals surface area contributed by atoms with Crippen molar-refractivity contribution in [3.63, 3.8) is 0 Å². The van der Waals surface area contributed by atoms with Crippen LogP contribution in [0.1, 0.15) is 24.1 Å². The maximum Gasteiger partial charge on any atom is 0.148 e. The summed E-state index contributed by atoms with van der Waals surface area (Å²) in [6, 6.07) is 16.6. The molecule has 0 aliphatic rings. The first-order chi connectivity index (χ1) is 10.3. The predicted octanol–water partition coefficient (Wildman–Crippen LogP) is 3.50. The molecule has 0 fully saturated rings. The van der Waals surface area contributed by atoms with Gasteiger partial charge in [0.05, 0.1) is 6.04 Å². The van der Waals surface area contributed by atoms with E-state index in [2.05, 4.69) is 46.6 Å². The summed E-state index contributed by atoms with van der Waals surface area (Å²) in [4.78, 5) is 4.01. The summed E-state index contributed by atoms with van der Waals surface area (Å²) in [5.41, 5.74) is 2.44. The van der Waals surface area contributed by atoms with Crippen LogP contribution >= 0.6 is 0 Å². The van der Waals surface area contributed by atoms with Crippen LogP contribution in [0.25, 0.3) is 0 Å². The van der Waals surface area contributed by atoms with Gasteiger partial charge in [0.15, 0.2) is 0 Å². The normalized spacial score (nSPS) is 12.0. The number of pyridine rings is 1. The van der Waals surface area contributed by atoms with Crippen LogP contribution in [0.5, 0.6) is 0 Å². The molecule has 0 spiro atoms. The van der Waals surface area contributed by atoms with E-state index in [4.69, 9.17) is 0 Å². The number of hydrogen-bond acceptors (Lipinski definition) is 3. The van der Waals surface area contributed by atoms with E-state index in [0.717, 1.165) is 12.4 Å². The molecule has 1 aromatic carbocycles. The minimum absolute atomic E-state index is 0.225. The minimum Gasteiger partial charge on any atom is -0.365 e. The van der Waals surface area contributed by atoms with Crippen LogP contribution in [0.15, 0.2) is 67.1 Å². The van der Waals surface area contributed by atoms with Crippen LogP contribution in [-0.4, -0.2) is 14.8 Å². The second kappa shape index (κ2) is 6.22. The molecule has 1 N–H and O–H groups in total. The highest BCUT2D eigenvalue weighted by Gasteiger charge is 2.08. The first kappa shape index (κ1) is 13.4. The van der Waals surface area contributed by atoms with Crippen molar-refractivity contribution in [3.8, 4) is 0 Å². The largest absolute Gasteiger partial charge is 0.365 e. The van der Waals surface area contributed by atoms with Crippen molar-refractivity contribution in [2.45, 2.75) is 19.5 Å². The monoisotopic (exact) mass is 278 g/mol. The molecule has 4 nitrogen and oxygen atoms in total. The van der Waals surface area contributed by atoms with Crippen LogP contribution < -0.4 is 5.32 Å². The van der Waals surface area contributed by atoms with Gasteiger partial charge in [-0.05, 0) is 30.2 Å². The van der Waals surface area contributed by atoms with Crippen molar-refractivity contribution in [1.82, 2.24) is 14.8 Å².